The van der Waals surface area contributed by atoms with Gasteiger partial charge in [0.1, 0.15) is 5.82 Å². The Bertz CT molecular complexity index is 554. The van der Waals surface area contributed by atoms with Crippen molar-refractivity contribution in [3.05, 3.63) is 64.4 Å². The van der Waals surface area contributed by atoms with Crippen LogP contribution in [0.2, 0.25) is 5.02 Å². The van der Waals surface area contributed by atoms with Crippen LogP contribution in [0.3, 0.4) is 0 Å². The fourth-order valence-corrected chi connectivity index (χ4v) is 2.23. The van der Waals surface area contributed by atoms with Crippen LogP contribution in [0.4, 0.5) is 10.1 Å². The van der Waals surface area contributed by atoms with E-state index in [0.717, 1.165) is 21.8 Å². The first kappa shape index (κ1) is 12.9. The standard InChI is InChI=1S/C15H15ClFN/c1-10-9-12(17)7-8-15(10)18-11(2)13-5-3-4-6-14(13)16/h3-9,11,18H,1-2H3. The summed E-state index contributed by atoms with van der Waals surface area (Å²) in [5.41, 5.74) is 2.83. The van der Waals surface area contributed by atoms with Crippen LogP contribution < -0.4 is 5.32 Å². The van der Waals surface area contributed by atoms with Gasteiger partial charge in [-0.2, -0.15) is 0 Å². The Labute approximate surface area is 112 Å². The average molecular weight is 264 g/mol. The molecular weight excluding hydrogens is 249 g/mol. The molecule has 0 fully saturated rings. The summed E-state index contributed by atoms with van der Waals surface area (Å²) < 4.78 is 13.0. The lowest BCUT2D eigenvalue weighted by atomic mass is 10.1. The van der Waals surface area contributed by atoms with Gasteiger partial charge in [-0.1, -0.05) is 29.8 Å². The number of benzene rings is 2. The number of nitrogens with one attached hydrogen (secondary N) is 1. The lowest BCUT2D eigenvalue weighted by molar-refractivity contribution is 0.626. The first-order chi connectivity index (χ1) is 8.58. The second-order valence-electron chi connectivity index (χ2n) is 4.35. The van der Waals surface area contributed by atoms with E-state index >= 15 is 0 Å². The quantitative estimate of drug-likeness (QED) is 0.825. The minimum Gasteiger partial charge on any atom is -0.378 e. The molecule has 0 aliphatic carbocycles. The second kappa shape index (κ2) is 5.40. The molecule has 0 heterocycles. The Hall–Kier alpha value is -1.54. The molecule has 0 amide bonds. The van der Waals surface area contributed by atoms with Gasteiger partial charge in [-0.25, -0.2) is 4.39 Å². The monoisotopic (exact) mass is 263 g/mol. The molecule has 0 aliphatic heterocycles. The van der Waals surface area contributed by atoms with E-state index in [2.05, 4.69) is 5.32 Å². The van der Waals surface area contributed by atoms with Gasteiger partial charge in [-0.15, -0.1) is 0 Å². The third kappa shape index (κ3) is 2.82. The van der Waals surface area contributed by atoms with Crippen LogP contribution in [-0.2, 0) is 0 Å². The van der Waals surface area contributed by atoms with E-state index in [1.54, 1.807) is 6.07 Å². The van der Waals surface area contributed by atoms with Crippen molar-refractivity contribution < 1.29 is 4.39 Å². The molecule has 0 spiro atoms. The van der Waals surface area contributed by atoms with Crippen molar-refractivity contribution >= 4 is 17.3 Å². The summed E-state index contributed by atoms with van der Waals surface area (Å²) >= 11 is 6.15. The van der Waals surface area contributed by atoms with Gasteiger partial charge in [0.15, 0.2) is 0 Å². The number of halogens is 2. The number of rotatable bonds is 3. The zero-order valence-electron chi connectivity index (χ0n) is 10.4. The molecule has 1 N–H and O–H groups in total. The molecule has 18 heavy (non-hydrogen) atoms. The molecule has 2 aromatic carbocycles. The molecule has 0 saturated heterocycles. The van der Waals surface area contributed by atoms with Crippen LogP contribution >= 0.6 is 11.6 Å². The minimum absolute atomic E-state index is 0.0721. The van der Waals surface area contributed by atoms with Crippen molar-refractivity contribution in [2.75, 3.05) is 5.32 Å². The first-order valence-electron chi connectivity index (χ1n) is 5.85. The molecule has 2 rings (SSSR count). The summed E-state index contributed by atoms with van der Waals surface area (Å²) in [6.07, 6.45) is 0. The SMILES string of the molecule is Cc1cc(F)ccc1NC(C)c1ccccc1Cl. The summed E-state index contributed by atoms with van der Waals surface area (Å²) in [7, 11) is 0. The van der Waals surface area contributed by atoms with Gasteiger partial charge in [0.25, 0.3) is 0 Å². The second-order valence-corrected chi connectivity index (χ2v) is 4.75. The van der Waals surface area contributed by atoms with Gasteiger partial charge in [0.2, 0.25) is 0 Å². The molecule has 94 valence electrons. The van der Waals surface area contributed by atoms with E-state index in [1.165, 1.54) is 12.1 Å². The predicted octanol–water partition coefficient (Wildman–Crippen LogP) is 4.96. The van der Waals surface area contributed by atoms with Crippen LogP contribution in [0.15, 0.2) is 42.5 Å². The summed E-state index contributed by atoms with van der Waals surface area (Å²) in [5, 5.41) is 4.08. The molecule has 0 bridgehead atoms. The highest BCUT2D eigenvalue weighted by atomic mass is 35.5. The topological polar surface area (TPSA) is 12.0 Å². The summed E-state index contributed by atoms with van der Waals surface area (Å²) in [6, 6.07) is 12.5. The molecule has 1 nitrogen and oxygen atoms in total. The van der Waals surface area contributed by atoms with Gasteiger partial charge in [-0.3, -0.25) is 0 Å². The third-order valence-electron chi connectivity index (χ3n) is 2.93. The largest absolute Gasteiger partial charge is 0.378 e. The highest BCUT2D eigenvalue weighted by Gasteiger charge is 2.10. The van der Waals surface area contributed by atoms with Crippen molar-refractivity contribution in [3.8, 4) is 0 Å². The first-order valence-corrected chi connectivity index (χ1v) is 6.23. The fourth-order valence-electron chi connectivity index (χ4n) is 1.93. The highest BCUT2D eigenvalue weighted by molar-refractivity contribution is 6.31. The van der Waals surface area contributed by atoms with Gasteiger partial charge in [-0.05, 0) is 49.2 Å². The van der Waals surface area contributed by atoms with Gasteiger partial charge < -0.3 is 5.32 Å². The Morgan fingerprint density at radius 2 is 1.89 bits per heavy atom. The van der Waals surface area contributed by atoms with Gasteiger partial charge >= 0.3 is 0 Å². The van der Waals surface area contributed by atoms with Crippen LogP contribution in [0.25, 0.3) is 0 Å². The van der Waals surface area contributed by atoms with Crippen LogP contribution in [0.1, 0.15) is 24.1 Å². The van der Waals surface area contributed by atoms with Crippen molar-refractivity contribution in [2.24, 2.45) is 0 Å². The Balaban J connectivity index is 2.21. The van der Waals surface area contributed by atoms with Crippen LogP contribution in [0.5, 0.6) is 0 Å². The predicted molar refractivity (Wildman–Crippen MR) is 74.6 cm³/mol. The van der Waals surface area contributed by atoms with Crippen LogP contribution in [0, 0.1) is 12.7 Å². The summed E-state index contributed by atoms with van der Waals surface area (Å²) in [4.78, 5) is 0. The van der Waals surface area contributed by atoms with E-state index in [-0.39, 0.29) is 11.9 Å². The lowest BCUT2D eigenvalue weighted by Gasteiger charge is -2.18. The van der Waals surface area contributed by atoms with E-state index in [4.69, 9.17) is 11.6 Å². The number of anilines is 1. The van der Waals surface area contributed by atoms with E-state index in [1.807, 2.05) is 38.1 Å². The number of hydrogen-bond donors (Lipinski definition) is 1. The Kier molecular flexibility index (Phi) is 3.87. The maximum atomic E-state index is 13.0. The van der Waals surface area contributed by atoms with Gasteiger partial charge in [0.05, 0.1) is 0 Å². The van der Waals surface area contributed by atoms with Crippen molar-refractivity contribution in [2.45, 2.75) is 19.9 Å². The molecule has 0 aromatic heterocycles. The minimum atomic E-state index is -0.219. The summed E-state index contributed by atoms with van der Waals surface area (Å²) in [6.45, 7) is 3.91. The molecule has 1 atom stereocenters. The zero-order valence-corrected chi connectivity index (χ0v) is 11.1. The average Bonchev–Trinajstić information content (AvgIpc) is 2.33. The lowest BCUT2D eigenvalue weighted by Crippen LogP contribution is -2.08. The van der Waals surface area contributed by atoms with E-state index in [9.17, 15) is 4.39 Å². The smallest absolute Gasteiger partial charge is 0.123 e. The Morgan fingerprint density at radius 1 is 1.17 bits per heavy atom. The fraction of sp³-hybridized carbons (Fsp3) is 0.200. The Morgan fingerprint density at radius 3 is 2.56 bits per heavy atom. The van der Waals surface area contributed by atoms with Crippen molar-refractivity contribution in [1.29, 1.82) is 0 Å². The molecular formula is C15H15ClFN. The maximum Gasteiger partial charge on any atom is 0.123 e. The maximum absolute atomic E-state index is 13.0. The molecule has 0 aliphatic rings. The molecule has 0 radical (unpaired) electrons. The van der Waals surface area contributed by atoms with E-state index < -0.39 is 0 Å². The van der Waals surface area contributed by atoms with Crippen LogP contribution in [-0.4, -0.2) is 0 Å². The molecule has 3 heteroatoms. The highest BCUT2D eigenvalue weighted by Crippen LogP contribution is 2.27. The third-order valence-corrected chi connectivity index (χ3v) is 3.28. The molecule has 2 aromatic rings. The van der Waals surface area contributed by atoms with Crippen molar-refractivity contribution in [3.63, 3.8) is 0 Å². The number of aryl methyl sites for hydroxylation is 1. The summed E-state index contributed by atoms with van der Waals surface area (Å²) in [5.74, 6) is -0.219. The van der Waals surface area contributed by atoms with Crippen molar-refractivity contribution in [1.82, 2.24) is 0 Å². The normalized spacial score (nSPS) is 12.2. The molecule has 0 saturated carbocycles. The van der Waals surface area contributed by atoms with E-state index in [0.29, 0.717) is 0 Å². The molecule has 1 unspecified atom stereocenters. The zero-order chi connectivity index (χ0) is 13.1. The van der Waals surface area contributed by atoms with Gasteiger partial charge in [0, 0.05) is 16.8 Å². The number of hydrogen-bond acceptors (Lipinski definition) is 1.